The van der Waals surface area contributed by atoms with Gasteiger partial charge in [0.15, 0.2) is 0 Å². The molecule has 0 aliphatic carbocycles. The number of carbonyl (C=O) groups excluding carboxylic acids is 2. The van der Waals surface area contributed by atoms with Crippen LogP contribution >= 0.6 is 0 Å². The van der Waals surface area contributed by atoms with Gasteiger partial charge < -0.3 is 29.3 Å². The SMILES string of the molecule is O=C([O-])c1cccc2c1Cc1ccccc1O2.O=C([O-])c1cccc2c1Cc1ccccc1O2.[Cd+2]. The quantitative estimate of drug-likeness (QED) is 0.300. The summed E-state index contributed by atoms with van der Waals surface area (Å²) in [6.07, 6.45) is 1.13. The molecule has 0 spiro atoms. The number of carboxylic acids is 2. The molecular formula is C28H18CdO6. The Balaban J connectivity index is 0.000000160. The first-order valence-corrected chi connectivity index (χ1v) is 10.7. The summed E-state index contributed by atoms with van der Waals surface area (Å²) in [5.41, 5.74) is 3.77. The molecular weight excluding hydrogens is 545 g/mol. The smallest absolute Gasteiger partial charge is 0.545 e. The predicted molar refractivity (Wildman–Crippen MR) is 120 cm³/mol. The fraction of sp³-hybridized carbons (Fsp3) is 0.0714. The number of hydrogen-bond acceptors (Lipinski definition) is 6. The molecule has 35 heavy (non-hydrogen) atoms. The van der Waals surface area contributed by atoms with Gasteiger partial charge in [-0.2, -0.15) is 0 Å². The van der Waals surface area contributed by atoms with Crippen LogP contribution in [0.1, 0.15) is 43.0 Å². The van der Waals surface area contributed by atoms with Gasteiger partial charge in [0.05, 0.1) is 11.9 Å². The second kappa shape index (κ2) is 10.3. The molecule has 0 N–H and O–H groups in total. The molecule has 168 valence electrons. The fourth-order valence-electron chi connectivity index (χ4n) is 4.19. The van der Waals surface area contributed by atoms with E-state index in [1.54, 1.807) is 36.4 Å². The van der Waals surface area contributed by atoms with E-state index in [1.807, 2.05) is 48.5 Å². The maximum atomic E-state index is 11.0. The van der Waals surface area contributed by atoms with E-state index in [0.29, 0.717) is 35.5 Å². The van der Waals surface area contributed by atoms with Gasteiger partial charge in [0, 0.05) is 35.1 Å². The molecule has 6 rings (SSSR count). The summed E-state index contributed by atoms with van der Waals surface area (Å²) in [6.45, 7) is 0. The van der Waals surface area contributed by atoms with Gasteiger partial charge in [-0.15, -0.1) is 0 Å². The normalized spacial score (nSPS) is 11.9. The van der Waals surface area contributed by atoms with Crippen molar-refractivity contribution in [1.82, 2.24) is 0 Å². The Labute approximate surface area is 221 Å². The molecule has 4 aromatic carbocycles. The Hall–Kier alpha value is -3.66. The summed E-state index contributed by atoms with van der Waals surface area (Å²) in [4.78, 5) is 22.0. The summed E-state index contributed by atoms with van der Waals surface area (Å²) in [7, 11) is 0. The molecule has 0 saturated heterocycles. The van der Waals surface area contributed by atoms with E-state index >= 15 is 0 Å². The molecule has 0 fully saturated rings. The zero-order valence-corrected chi connectivity index (χ0v) is 22.7. The molecule has 0 saturated carbocycles. The second-order valence-corrected chi connectivity index (χ2v) is 7.91. The zero-order chi connectivity index (χ0) is 23.7. The van der Waals surface area contributed by atoms with Gasteiger partial charge in [-0.05, 0) is 35.4 Å². The number of benzene rings is 4. The molecule has 2 heterocycles. The number of fused-ring (bicyclic) bond motifs is 4. The molecule has 2 aliphatic rings. The fourth-order valence-corrected chi connectivity index (χ4v) is 4.19. The summed E-state index contributed by atoms with van der Waals surface area (Å²) in [5, 5.41) is 22.0. The molecule has 0 bridgehead atoms. The number of aromatic carboxylic acids is 2. The Morgan fingerprint density at radius 1 is 0.543 bits per heavy atom. The van der Waals surface area contributed by atoms with Crippen LogP contribution < -0.4 is 19.7 Å². The van der Waals surface area contributed by atoms with Crippen molar-refractivity contribution < 1.29 is 56.6 Å². The third-order valence-corrected chi connectivity index (χ3v) is 5.83. The van der Waals surface area contributed by atoms with Gasteiger partial charge in [-0.3, -0.25) is 0 Å². The van der Waals surface area contributed by atoms with Gasteiger partial charge in [-0.25, -0.2) is 0 Å². The number of para-hydroxylation sites is 2. The predicted octanol–water partition coefficient (Wildman–Crippen LogP) is 3.49. The van der Waals surface area contributed by atoms with E-state index in [0.717, 1.165) is 22.6 Å². The molecule has 0 radical (unpaired) electrons. The average Bonchev–Trinajstić information content (AvgIpc) is 2.85. The van der Waals surface area contributed by atoms with Crippen molar-refractivity contribution in [3.63, 3.8) is 0 Å². The van der Waals surface area contributed by atoms with E-state index in [1.165, 1.54) is 0 Å². The first-order valence-electron chi connectivity index (χ1n) is 10.7. The van der Waals surface area contributed by atoms with Crippen LogP contribution in [-0.2, 0) is 40.1 Å². The summed E-state index contributed by atoms with van der Waals surface area (Å²) in [6, 6.07) is 25.2. The summed E-state index contributed by atoms with van der Waals surface area (Å²) >= 11 is 0. The number of carbonyl (C=O) groups is 2. The van der Waals surface area contributed by atoms with E-state index < -0.39 is 11.9 Å². The van der Waals surface area contributed by atoms with Gasteiger partial charge >= 0.3 is 27.3 Å². The first kappa shape index (κ1) is 24.5. The van der Waals surface area contributed by atoms with E-state index in [4.69, 9.17) is 9.47 Å². The van der Waals surface area contributed by atoms with Gasteiger partial charge in [0.1, 0.15) is 23.0 Å². The van der Waals surface area contributed by atoms with Gasteiger partial charge in [0.2, 0.25) is 0 Å². The number of hydrogen-bond donors (Lipinski definition) is 0. The van der Waals surface area contributed by atoms with Crippen LogP contribution in [0.25, 0.3) is 0 Å². The van der Waals surface area contributed by atoms with Crippen LogP contribution in [0.2, 0.25) is 0 Å². The number of carboxylic acid groups (broad SMARTS) is 2. The Bertz CT molecular complexity index is 1320. The second-order valence-electron chi connectivity index (χ2n) is 7.91. The number of ether oxygens (including phenoxy) is 2. The van der Waals surface area contributed by atoms with Crippen LogP contribution in [0.5, 0.6) is 23.0 Å². The van der Waals surface area contributed by atoms with Crippen molar-refractivity contribution in [2.75, 3.05) is 0 Å². The van der Waals surface area contributed by atoms with Crippen molar-refractivity contribution >= 4 is 11.9 Å². The molecule has 0 atom stereocenters. The molecule has 0 unspecified atom stereocenters. The van der Waals surface area contributed by atoms with Crippen LogP contribution in [-0.4, -0.2) is 11.9 Å². The largest absolute Gasteiger partial charge is 2.00 e. The van der Waals surface area contributed by atoms with Gasteiger partial charge in [-0.1, -0.05) is 60.7 Å². The summed E-state index contributed by atoms with van der Waals surface area (Å²) < 4.78 is 11.4. The first-order chi connectivity index (χ1) is 16.5. The van der Waals surface area contributed by atoms with E-state index in [-0.39, 0.29) is 38.4 Å². The van der Waals surface area contributed by atoms with Crippen LogP contribution in [0.4, 0.5) is 0 Å². The van der Waals surface area contributed by atoms with E-state index in [9.17, 15) is 19.8 Å². The molecule has 6 nitrogen and oxygen atoms in total. The van der Waals surface area contributed by atoms with Crippen molar-refractivity contribution in [3.05, 3.63) is 118 Å². The number of rotatable bonds is 2. The van der Waals surface area contributed by atoms with Crippen molar-refractivity contribution in [2.45, 2.75) is 12.8 Å². The Morgan fingerprint density at radius 2 is 0.914 bits per heavy atom. The molecule has 0 aromatic heterocycles. The maximum Gasteiger partial charge on any atom is 2.00 e. The Morgan fingerprint density at radius 3 is 1.31 bits per heavy atom. The average molecular weight is 563 g/mol. The van der Waals surface area contributed by atoms with Crippen molar-refractivity contribution in [3.8, 4) is 23.0 Å². The van der Waals surface area contributed by atoms with Crippen LogP contribution in [0, 0.1) is 0 Å². The minimum atomic E-state index is -1.16. The standard InChI is InChI=1S/2C14H10O3.Cd/c2*15-14(16)10-5-3-7-13-11(10)8-9-4-1-2-6-12(9)17-13;/h2*1-7H,8H2,(H,15,16);/q;;+2/p-2. The van der Waals surface area contributed by atoms with Crippen molar-refractivity contribution in [1.29, 1.82) is 0 Å². The minimum absolute atomic E-state index is 0. The maximum absolute atomic E-state index is 11.0. The molecule has 7 heteroatoms. The summed E-state index contributed by atoms with van der Waals surface area (Å²) in [5.74, 6) is 0.455. The monoisotopic (exact) mass is 564 g/mol. The van der Waals surface area contributed by atoms with Crippen LogP contribution in [0.3, 0.4) is 0 Å². The van der Waals surface area contributed by atoms with Crippen molar-refractivity contribution in [2.24, 2.45) is 0 Å². The Kier molecular flexibility index (Phi) is 7.21. The molecule has 2 aliphatic heterocycles. The third kappa shape index (κ3) is 4.93. The van der Waals surface area contributed by atoms with Gasteiger partial charge in [0.25, 0.3) is 0 Å². The minimum Gasteiger partial charge on any atom is -0.545 e. The molecule has 0 amide bonds. The zero-order valence-electron chi connectivity index (χ0n) is 18.7. The third-order valence-electron chi connectivity index (χ3n) is 5.83. The van der Waals surface area contributed by atoms with Crippen LogP contribution in [0.15, 0.2) is 84.9 Å². The molecule has 4 aromatic rings. The van der Waals surface area contributed by atoms with E-state index in [2.05, 4.69) is 0 Å². The topological polar surface area (TPSA) is 98.7 Å².